The summed E-state index contributed by atoms with van der Waals surface area (Å²) >= 11 is 0. The predicted molar refractivity (Wildman–Crippen MR) is 56.2 cm³/mol. The Morgan fingerprint density at radius 2 is 2.40 bits per heavy atom. The van der Waals surface area contributed by atoms with Crippen LogP contribution in [-0.2, 0) is 4.74 Å². The van der Waals surface area contributed by atoms with Crippen LogP contribution in [0.2, 0.25) is 0 Å². The van der Waals surface area contributed by atoms with Gasteiger partial charge in [-0.05, 0) is 24.8 Å². The second-order valence-corrected chi connectivity index (χ2v) is 3.81. The largest absolute Gasteiger partial charge is 0.383 e. The zero-order chi connectivity index (χ0) is 10.5. The zero-order valence-corrected chi connectivity index (χ0v) is 8.58. The van der Waals surface area contributed by atoms with E-state index in [0.717, 1.165) is 18.2 Å². The average molecular weight is 210 g/mol. The molecule has 0 saturated heterocycles. The van der Waals surface area contributed by atoms with Gasteiger partial charge in [0.25, 0.3) is 0 Å². The molecule has 0 amide bonds. The third kappa shape index (κ3) is 3.83. The standard InChI is InChI=1S/C11H15FN2O/c12-11-7-10(3-4-14-11)13-5-6-15-8-9-1-2-9/h3-4,7,9H,1-2,5-6,8H2,(H,13,14). The van der Waals surface area contributed by atoms with Crippen molar-refractivity contribution in [1.29, 1.82) is 0 Å². The van der Waals surface area contributed by atoms with Crippen molar-refractivity contribution in [2.24, 2.45) is 5.92 Å². The zero-order valence-electron chi connectivity index (χ0n) is 8.58. The monoisotopic (exact) mass is 210 g/mol. The van der Waals surface area contributed by atoms with E-state index < -0.39 is 5.95 Å². The Bertz CT molecular complexity index is 315. The van der Waals surface area contributed by atoms with Crippen LogP contribution in [0.15, 0.2) is 18.3 Å². The topological polar surface area (TPSA) is 34.1 Å². The lowest BCUT2D eigenvalue weighted by molar-refractivity contribution is 0.134. The molecule has 0 spiro atoms. The number of pyridine rings is 1. The minimum Gasteiger partial charge on any atom is -0.383 e. The fraction of sp³-hybridized carbons (Fsp3) is 0.545. The average Bonchev–Trinajstić information content (AvgIpc) is 3.01. The van der Waals surface area contributed by atoms with E-state index in [1.54, 1.807) is 6.07 Å². The number of rotatable bonds is 6. The Hall–Kier alpha value is -1.16. The van der Waals surface area contributed by atoms with Gasteiger partial charge in [0.15, 0.2) is 0 Å². The number of aromatic nitrogens is 1. The summed E-state index contributed by atoms with van der Waals surface area (Å²) in [5.41, 5.74) is 0.748. The number of halogens is 1. The minimum atomic E-state index is -0.459. The third-order valence-electron chi connectivity index (χ3n) is 2.35. The van der Waals surface area contributed by atoms with Crippen LogP contribution in [-0.4, -0.2) is 24.7 Å². The summed E-state index contributed by atoms with van der Waals surface area (Å²) in [4.78, 5) is 3.48. The summed E-state index contributed by atoms with van der Waals surface area (Å²) in [5.74, 6) is 0.335. The molecule has 3 nitrogen and oxygen atoms in total. The molecule has 0 bridgehead atoms. The number of hydrogen-bond acceptors (Lipinski definition) is 3. The number of nitrogens with zero attached hydrogens (tertiary/aromatic N) is 1. The highest BCUT2D eigenvalue weighted by molar-refractivity contribution is 5.40. The van der Waals surface area contributed by atoms with Gasteiger partial charge in [-0.25, -0.2) is 4.98 Å². The Morgan fingerprint density at radius 3 is 3.13 bits per heavy atom. The minimum absolute atomic E-state index is 0.459. The summed E-state index contributed by atoms with van der Waals surface area (Å²) in [5, 5.41) is 3.07. The molecule has 1 aliphatic rings. The van der Waals surface area contributed by atoms with Crippen molar-refractivity contribution in [3.8, 4) is 0 Å². The molecule has 0 aromatic carbocycles. The van der Waals surface area contributed by atoms with E-state index in [2.05, 4.69) is 10.3 Å². The fourth-order valence-electron chi connectivity index (χ4n) is 1.31. The van der Waals surface area contributed by atoms with Gasteiger partial charge >= 0.3 is 0 Å². The van der Waals surface area contributed by atoms with E-state index in [-0.39, 0.29) is 0 Å². The van der Waals surface area contributed by atoms with Gasteiger partial charge in [-0.15, -0.1) is 0 Å². The van der Waals surface area contributed by atoms with E-state index >= 15 is 0 Å². The lowest BCUT2D eigenvalue weighted by Gasteiger charge is -2.06. The van der Waals surface area contributed by atoms with E-state index in [9.17, 15) is 4.39 Å². The van der Waals surface area contributed by atoms with Crippen LogP contribution >= 0.6 is 0 Å². The van der Waals surface area contributed by atoms with Crippen LogP contribution in [0.5, 0.6) is 0 Å². The van der Waals surface area contributed by atoms with Gasteiger partial charge in [0.2, 0.25) is 5.95 Å². The van der Waals surface area contributed by atoms with Crippen molar-refractivity contribution < 1.29 is 9.13 Å². The summed E-state index contributed by atoms with van der Waals surface area (Å²) in [6.07, 6.45) is 4.06. The van der Waals surface area contributed by atoms with E-state index in [4.69, 9.17) is 4.74 Å². The predicted octanol–water partition coefficient (Wildman–Crippen LogP) is 2.06. The Morgan fingerprint density at radius 1 is 1.53 bits per heavy atom. The lowest BCUT2D eigenvalue weighted by Crippen LogP contribution is -2.10. The summed E-state index contributed by atoms with van der Waals surface area (Å²) < 4.78 is 18.1. The van der Waals surface area contributed by atoms with Crippen LogP contribution in [0.4, 0.5) is 10.1 Å². The molecule has 1 heterocycles. The smallest absolute Gasteiger partial charge is 0.214 e. The molecule has 1 aliphatic carbocycles. The molecule has 82 valence electrons. The van der Waals surface area contributed by atoms with Crippen LogP contribution < -0.4 is 5.32 Å². The maximum Gasteiger partial charge on any atom is 0.214 e. The lowest BCUT2D eigenvalue weighted by atomic mass is 10.4. The van der Waals surface area contributed by atoms with Gasteiger partial charge in [-0.1, -0.05) is 0 Å². The number of anilines is 1. The molecular weight excluding hydrogens is 195 g/mol. The van der Waals surface area contributed by atoms with Gasteiger partial charge in [0.05, 0.1) is 6.61 Å². The van der Waals surface area contributed by atoms with E-state index in [1.165, 1.54) is 25.1 Å². The summed E-state index contributed by atoms with van der Waals surface area (Å²) in [6.45, 7) is 2.24. The molecular formula is C11H15FN2O. The van der Waals surface area contributed by atoms with Gasteiger partial charge < -0.3 is 10.1 Å². The molecule has 1 saturated carbocycles. The van der Waals surface area contributed by atoms with Crippen molar-refractivity contribution in [1.82, 2.24) is 4.98 Å². The van der Waals surface area contributed by atoms with Crippen LogP contribution in [0.1, 0.15) is 12.8 Å². The molecule has 1 fully saturated rings. The molecule has 0 unspecified atom stereocenters. The summed E-state index contributed by atoms with van der Waals surface area (Å²) in [6, 6.07) is 3.12. The first-order valence-corrected chi connectivity index (χ1v) is 5.28. The van der Waals surface area contributed by atoms with Crippen molar-refractivity contribution in [2.45, 2.75) is 12.8 Å². The molecule has 0 atom stereocenters. The molecule has 1 N–H and O–H groups in total. The Labute approximate surface area is 88.7 Å². The van der Waals surface area contributed by atoms with Crippen LogP contribution in [0, 0.1) is 11.9 Å². The first-order valence-electron chi connectivity index (χ1n) is 5.28. The molecule has 1 aromatic rings. The second kappa shape index (κ2) is 5.07. The quantitative estimate of drug-likeness (QED) is 0.576. The third-order valence-corrected chi connectivity index (χ3v) is 2.35. The number of hydrogen-bond donors (Lipinski definition) is 1. The second-order valence-electron chi connectivity index (χ2n) is 3.81. The van der Waals surface area contributed by atoms with E-state index in [0.29, 0.717) is 13.2 Å². The first kappa shape index (κ1) is 10.4. The number of ether oxygens (including phenoxy) is 1. The van der Waals surface area contributed by atoms with Gasteiger partial charge in [0.1, 0.15) is 0 Å². The van der Waals surface area contributed by atoms with Gasteiger partial charge in [0, 0.05) is 31.1 Å². The maximum absolute atomic E-state index is 12.7. The fourth-order valence-corrected chi connectivity index (χ4v) is 1.31. The molecule has 2 rings (SSSR count). The van der Waals surface area contributed by atoms with Gasteiger partial charge in [-0.2, -0.15) is 4.39 Å². The van der Waals surface area contributed by atoms with E-state index in [1.807, 2.05) is 0 Å². The molecule has 0 aliphatic heterocycles. The maximum atomic E-state index is 12.7. The van der Waals surface area contributed by atoms with Gasteiger partial charge in [-0.3, -0.25) is 0 Å². The Kier molecular flexibility index (Phi) is 3.50. The van der Waals surface area contributed by atoms with Crippen molar-refractivity contribution in [2.75, 3.05) is 25.1 Å². The SMILES string of the molecule is Fc1cc(NCCOCC2CC2)ccn1. The van der Waals surface area contributed by atoms with Crippen molar-refractivity contribution >= 4 is 5.69 Å². The highest BCUT2D eigenvalue weighted by Gasteiger charge is 2.20. The number of nitrogens with one attached hydrogen (secondary N) is 1. The normalized spacial score (nSPS) is 15.3. The van der Waals surface area contributed by atoms with Crippen molar-refractivity contribution in [3.05, 3.63) is 24.3 Å². The van der Waals surface area contributed by atoms with Crippen molar-refractivity contribution in [3.63, 3.8) is 0 Å². The van der Waals surface area contributed by atoms with Crippen LogP contribution in [0.3, 0.4) is 0 Å². The summed E-state index contributed by atoms with van der Waals surface area (Å²) in [7, 11) is 0. The van der Waals surface area contributed by atoms with Crippen LogP contribution in [0.25, 0.3) is 0 Å². The highest BCUT2D eigenvalue weighted by atomic mass is 19.1. The molecule has 4 heteroatoms. The first-order chi connectivity index (χ1) is 7.34. The molecule has 15 heavy (non-hydrogen) atoms. The highest BCUT2D eigenvalue weighted by Crippen LogP contribution is 2.28. The Balaban J connectivity index is 1.60. The molecule has 0 radical (unpaired) electrons. The molecule has 1 aromatic heterocycles.